The minimum Gasteiger partial charge on any atom is -0.504 e. The molecule has 3 rings (SSSR count). The lowest BCUT2D eigenvalue weighted by atomic mass is 9.83. The van der Waals surface area contributed by atoms with Gasteiger partial charge in [0.25, 0.3) is 0 Å². The van der Waals surface area contributed by atoms with Gasteiger partial charge in [0.1, 0.15) is 17.4 Å². The second-order valence-electron chi connectivity index (χ2n) is 6.01. The molecule has 9 nitrogen and oxygen atoms in total. The standard InChI is InChI=1S/C18H16O9/c1-26-18-11(21)6-12-14(16(18)25)15(24)8(5-13(22)23)17(27-12)7-2-3-9(19)10(20)4-7/h2-4,6,8,17,19-21,25H,5H2,1H3,(H,22,23). The van der Waals surface area contributed by atoms with Crippen molar-refractivity contribution in [3.05, 3.63) is 35.4 Å². The Morgan fingerprint density at radius 1 is 1.11 bits per heavy atom. The average Bonchev–Trinajstić information content (AvgIpc) is 2.59. The first kappa shape index (κ1) is 18.2. The average molecular weight is 376 g/mol. The van der Waals surface area contributed by atoms with Gasteiger partial charge in [0.2, 0.25) is 5.75 Å². The molecule has 0 aromatic heterocycles. The quantitative estimate of drug-likeness (QED) is 0.503. The number of phenolic OH excluding ortho intramolecular Hbond substituents is 4. The first-order valence-corrected chi connectivity index (χ1v) is 7.82. The van der Waals surface area contributed by atoms with Crippen LogP contribution in [0.15, 0.2) is 24.3 Å². The second-order valence-corrected chi connectivity index (χ2v) is 6.01. The Labute approximate surface area is 152 Å². The number of ether oxygens (including phenoxy) is 2. The highest BCUT2D eigenvalue weighted by molar-refractivity contribution is 6.06. The van der Waals surface area contributed by atoms with E-state index < -0.39 is 53.2 Å². The smallest absolute Gasteiger partial charge is 0.304 e. The van der Waals surface area contributed by atoms with E-state index in [0.717, 1.165) is 12.1 Å². The van der Waals surface area contributed by atoms with Crippen molar-refractivity contribution < 1.29 is 44.6 Å². The maximum atomic E-state index is 12.9. The monoisotopic (exact) mass is 376 g/mol. The number of methoxy groups -OCH3 is 1. The lowest BCUT2D eigenvalue weighted by Crippen LogP contribution is -2.33. The summed E-state index contributed by atoms with van der Waals surface area (Å²) in [6.45, 7) is 0. The molecular weight excluding hydrogens is 360 g/mol. The molecule has 1 heterocycles. The van der Waals surface area contributed by atoms with Gasteiger partial charge in [0.05, 0.1) is 19.4 Å². The Morgan fingerprint density at radius 3 is 2.41 bits per heavy atom. The fourth-order valence-corrected chi connectivity index (χ4v) is 3.09. The highest BCUT2D eigenvalue weighted by Gasteiger charge is 2.42. The summed E-state index contributed by atoms with van der Waals surface area (Å²) >= 11 is 0. The first-order valence-electron chi connectivity index (χ1n) is 7.82. The Balaban J connectivity index is 2.16. The summed E-state index contributed by atoms with van der Waals surface area (Å²) in [7, 11) is 1.19. The van der Waals surface area contributed by atoms with Gasteiger partial charge in [-0.1, -0.05) is 6.07 Å². The summed E-state index contributed by atoms with van der Waals surface area (Å²) in [5.41, 5.74) is -0.0551. The zero-order chi connectivity index (χ0) is 19.9. The number of carbonyl (C=O) groups excluding carboxylic acids is 1. The molecule has 0 aliphatic carbocycles. The van der Waals surface area contributed by atoms with Gasteiger partial charge >= 0.3 is 5.97 Å². The second kappa shape index (κ2) is 6.60. The van der Waals surface area contributed by atoms with Crippen LogP contribution in [0, 0.1) is 5.92 Å². The van der Waals surface area contributed by atoms with E-state index in [2.05, 4.69) is 0 Å². The highest BCUT2D eigenvalue weighted by atomic mass is 16.5. The molecule has 1 aliphatic rings. The number of aliphatic carboxylic acids is 1. The van der Waals surface area contributed by atoms with Crippen molar-refractivity contribution in [3.8, 4) is 34.5 Å². The van der Waals surface area contributed by atoms with Gasteiger partial charge in [-0.25, -0.2) is 0 Å². The fourth-order valence-electron chi connectivity index (χ4n) is 3.09. The van der Waals surface area contributed by atoms with Gasteiger partial charge in [-0.2, -0.15) is 0 Å². The van der Waals surface area contributed by atoms with Crippen LogP contribution in [0.3, 0.4) is 0 Å². The van der Waals surface area contributed by atoms with Crippen LogP contribution in [-0.2, 0) is 4.79 Å². The number of Topliss-reactive ketones (excluding diaryl/α,β-unsaturated/α-hetero) is 1. The van der Waals surface area contributed by atoms with Crippen molar-refractivity contribution >= 4 is 11.8 Å². The maximum Gasteiger partial charge on any atom is 0.304 e. The van der Waals surface area contributed by atoms with E-state index in [9.17, 15) is 35.1 Å². The molecule has 0 fully saturated rings. The van der Waals surface area contributed by atoms with E-state index in [1.165, 1.54) is 19.2 Å². The molecule has 0 spiro atoms. The molecule has 5 N–H and O–H groups in total. The van der Waals surface area contributed by atoms with Crippen molar-refractivity contribution in [1.29, 1.82) is 0 Å². The molecule has 1 aliphatic heterocycles. The van der Waals surface area contributed by atoms with Gasteiger partial charge in [0, 0.05) is 6.07 Å². The lowest BCUT2D eigenvalue weighted by molar-refractivity contribution is -0.138. The number of fused-ring (bicyclic) bond motifs is 1. The summed E-state index contributed by atoms with van der Waals surface area (Å²) in [5, 5.41) is 48.6. The van der Waals surface area contributed by atoms with Gasteiger partial charge < -0.3 is 35.0 Å². The Kier molecular flexibility index (Phi) is 4.44. The van der Waals surface area contributed by atoms with Crippen LogP contribution in [0.2, 0.25) is 0 Å². The van der Waals surface area contributed by atoms with E-state index in [-0.39, 0.29) is 22.6 Å². The summed E-state index contributed by atoms with van der Waals surface area (Å²) in [5.74, 6) is -5.68. The topological polar surface area (TPSA) is 154 Å². The number of rotatable bonds is 4. The predicted octanol–water partition coefficient (Wildman–Crippen LogP) is 1.92. The van der Waals surface area contributed by atoms with E-state index in [1.807, 2.05) is 0 Å². The first-order chi connectivity index (χ1) is 12.7. The maximum absolute atomic E-state index is 12.9. The summed E-state index contributed by atoms with van der Waals surface area (Å²) in [4.78, 5) is 24.2. The van der Waals surface area contributed by atoms with Crippen molar-refractivity contribution in [2.24, 2.45) is 5.92 Å². The number of hydrogen-bond acceptors (Lipinski definition) is 8. The number of carboxylic acid groups (broad SMARTS) is 1. The van der Waals surface area contributed by atoms with Crippen molar-refractivity contribution in [3.63, 3.8) is 0 Å². The highest BCUT2D eigenvalue weighted by Crippen LogP contribution is 2.50. The SMILES string of the molecule is COc1c(O)cc2c(c1O)C(=O)C(CC(=O)O)C(c1ccc(O)c(O)c1)O2. The third kappa shape index (κ3) is 3.03. The van der Waals surface area contributed by atoms with Gasteiger partial charge in [-0.3, -0.25) is 9.59 Å². The Hall–Kier alpha value is -3.62. The van der Waals surface area contributed by atoms with Crippen molar-refractivity contribution in [2.45, 2.75) is 12.5 Å². The minimum atomic E-state index is -1.27. The van der Waals surface area contributed by atoms with Crippen LogP contribution in [0.25, 0.3) is 0 Å². The zero-order valence-corrected chi connectivity index (χ0v) is 14.0. The summed E-state index contributed by atoms with van der Waals surface area (Å²) in [6, 6.07) is 4.78. The third-order valence-corrected chi connectivity index (χ3v) is 4.33. The van der Waals surface area contributed by atoms with Crippen molar-refractivity contribution in [2.75, 3.05) is 7.11 Å². The molecule has 0 saturated carbocycles. The van der Waals surface area contributed by atoms with Crippen LogP contribution in [0.1, 0.15) is 28.4 Å². The van der Waals surface area contributed by atoms with E-state index in [4.69, 9.17) is 9.47 Å². The van der Waals surface area contributed by atoms with Gasteiger partial charge in [-0.05, 0) is 17.7 Å². The zero-order valence-electron chi connectivity index (χ0n) is 14.0. The van der Waals surface area contributed by atoms with E-state index >= 15 is 0 Å². The molecule has 2 atom stereocenters. The third-order valence-electron chi connectivity index (χ3n) is 4.33. The van der Waals surface area contributed by atoms with Crippen LogP contribution in [0.5, 0.6) is 34.5 Å². The number of ketones is 1. The van der Waals surface area contributed by atoms with E-state index in [1.54, 1.807) is 0 Å². The number of carboxylic acids is 1. The molecule has 27 heavy (non-hydrogen) atoms. The van der Waals surface area contributed by atoms with Crippen molar-refractivity contribution in [1.82, 2.24) is 0 Å². The molecule has 9 heteroatoms. The number of carbonyl (C=O) groups is 2. The molecule has 2 aromatic carbocycles. The molecule has 0 radical (unpaired) electrons. The van der Waals surface area contributed by atoms with Crippen LogP contribution < -0.4 is 9.47 Å². The fraction of sp³-hybridized carbons (Fsp3) is 0.222. The minimum absolute atomic E-state index is 0.157. The normalized spacial score (nSPS) is 18.5. The number of aromatic hydroxyl groups is 4. The summed E-state index contributed by atoms with van der Waals surface area (Å²) in [6.07, 6.45) is -1.73. The molecule has 0 bridgehead atoms. The number of benzene rings is 2. The molecule has 142 valence electrons. The molecule has 2 unspecified atom stereocenters. The Morgan fingerprint density at radius 2 is 1.81 bits per heavy atom. The Bertz CT molecular complexity index is 935. The molecule has 2 aromatic rings. The number of hydrogen-bond donors (Lipinski definition) is 5. The van der Waals surface area contributed by atoms with Gasteiger partial charge in [0.15, 0.2) is 28.8 Å². The molecule has 0 amide bonds. The van der Waals surface area contributed by atoms with Gasteiger partial charge in [-0.15, -0.1) is 0 Å². The van der Waals surface area contributed by atoms with Crippen LogP contribution in [-0.4, -0.2) is 44.4 Å². The largest absolute Gasteiger partial charge is 0.504 e. The van der Waals surface area contributed by atoms with Crippen LogP contribution >= 0.6 is 0 Å². The summed E-state index contributed by atoms with van der Waals surface area (Å²) < 4.78 is 10.6. The molecular formula is C18H16O9. The van der Waals surface area contributed by atoms with E-state index in [0.29, 0.717) is 0 Å². The predicted molar refractivity (Wildman–Crippen MR) is 89.5 cm³/mol. The molecule has 0 saturated heterocycles. The lowest BCUT2D eigenvalue weighted by Gasteiger charge is -2.33. The van der Waals surface area contributed by atoms with Crippen LogP contribution in [0.4, 0.5) is 0 Å². The number of phenols is 4.